The van der Waals surface area contributed by atoms with E-state index in [1.54, 1.807) is 0 Å². The predicted octanol–water partition coefficient (Wildman–Crippen LogP) is 2.83. The van der Waals surface area contributed by atoms with Gasteiger partial charge in [-0.05, 0) is 25.3 Å². The summed E-state index contributed by atoms with van der Waals surface area (Å²) < 4.78 is 0. The van der Waals surface area contributed by atoms with Gasteiger partial charge >= 0.3 is 0 Å². The summed E-state index contributed by atoms with van der Waals surface area (Å²) >= 11 is 0. The highest BCUT2D eigenvalue weighted by atomic mass is 15.3. The molecule has 2 N–H and O–H groups in total. The van der Waals surface area contributed by atoms with Crippen LogP contribution in [0.2, 0.25) is 0 Å². The molecule has 1 saturated carbocycles. The largest absolute Gasteiger partial charge is 0.354 e. The van der Waals surface area contributed by atoms with Crippen LogP contribution in [0, 0.1) is 6.92 Å². The van der Waals surface area contributed by atoms with E-state index in [1.165, 1.54) is 11.3 Å². The molecule has 2 aromatic rings. The van der Waals surface area contributed by atoms with E-state index in [0.717, 1.165) is 57.2 Å². The first-order chi connectivity index (χ1) is 13.2. The van der Waals surface area contributed by atoms with Crippen LogP contribution in [-0.4, -0.2) is 53.6 Å². The number of hydrogen-bond donors (Lipinski definition) is 1. The molecule has 1 saturated heterocycles. The molecular formula is C22H29N5. The Kier molecular flexibility index (Phi) is 5.50. The summed E-state index contributed by atoms with van der Waals surface area (Å²) in [6.45, 7) is 7.14. The monoisotopic (exact) mass is 363 g/mol. The molecule has 1 aliphatic heterocycles. The van der Waals surface area contributed by atoms with Crippen molar-refractivity contribution in [2.75, 3.05) is 37.6 Å². The summed E-state index contributed by atoms with van der Waals surface area (Å²) in [5.74, 6) is 2.47. The number of aromatic nitrogens is 2. The van der Waals surface area contributed by atoms with Crippen LogP contribution in [0.25, 0.3) is 6.08 Å². The van der Waals surface area contributed by atoms with Crippen molar-refractivity contribution in [2.45, 2.75) is 31.7 Å². The molecule has 2 heterocycles. The van der Waals surface area contributed by atoms with Crippen LogP contribution in [0.15, 0.2) is 42.5 Å². The molecule has 27 heavy (non-hydrogen) atoms. The highest BCUT2D eigenvalue weighted by Crippen LogP contribution is 2.35. The summed E-state index contributed by atoms with van der Waals surface area (Å²) in [5, 5.41) is 0. The van der Waals surface area contributed by atoms with Crippen LogP contribution in [0.5, 0.6) is 0 Å². The normalized spacial score (nSPS) is 23.6. The van der Waals surface area contributed by atoms with E-state index < -0.39 is 0 Å². The van der Waals surface area contributed by atoms with E-state index in [1.807, 2.05) is 6.92 Å². The second-order valence-electron chi connectivity index (χ2n) is 7.73. The Balaban J connectivity index is 1.32. The average Bonchev–Trinajstić information content (AvgIpc) is 2.66. The molecule has 0 radical (unpaired) electrons. The maximum Gasteiger partial charge on any atom is 0.132 e. The zero-order valence-electron chi connectivity index (χ0n) is 16.1. The number of benzene rings is 1. The van der Waals surface area contributed by atoms with Gasteiger partial charge in [-0.1, -0.05) is 42.5 Å². The van der Waals surface area contributed by atoms with Crippen LogP contribution in [0.4, 0.5) is 5.82 Å². The van der Waals surface area contributed by atoms with Crippen molar-refractivity contribution in [1.82, 2.24) is 14.9 Å². The second-order valence-corrected chi connectivity index (χ2v) is 7.73. The number of piperazine rings is 1. The lowest BCUT2D eigenvalue weighted by molar-refractivity contribution is 0.283. The molecule has 1 aromatic heterocycles. The van der Waals surface area contributed by atoms with E-state index in [2.05, 4.69) is 63.3 Å². The van der Waals surface area contributed by atoms with Crippen LogP contribution in [-0.2, 0) is 0 Å². The van der Waals surface area contributed by atoms with Gasteiger partial charge in [-0.3, -0.25) is 4.90 Å². The van der Waals surface area contributed by atoms with Crippen LogP contribution in [0.1, 0.15) is 35.8 Å². The molecular weight excluding hydrogens is 334 g/mol. The third kappa shape index (κ3) is 4.54. The Morgan fingerprint density at radius 3 is 2.52 bits per heavy atom. The Labute approximate surface area is 161 Å². The lowest BCUT2D eigenvalue weighted by atomic mass is 9.78. The number of anilines is 1. The van der Waals surface area contributed by atoms with Crippen molar-refractivity contribution in [1.29, 1.82) is 0 Å². The molecule has 142 valence electrons. The minimum absolute atomic E-state index is 0.348. The summed E-state index contributed by atoms with van der Waals surface area (Å²) in [7, 11) is 0. The van der Waals surface area contributed by atoms with Gasteiger partial charge in [-0.2, -0.15) is 0 Å². The van der Waals surface area contributed by atoms with Crippen molar-refractivity contribution >= 4 is 11.9 Å². The van der Waals surface area contributed by atoms with Gasteiger partial charge < -0.3 is 10.6 Å². The molecule has 0 unspecified atom stereocenters. The first-order valence-electron chi connectivity index (χ1n) is 9.97. The molecule has 0 amide bonds. The number of hydrogen-bond acceptors (Lipinski definition) is 5. The molecule has 1 aliphatic carbocycles. The molecule has 5 heteroatoms. The standard InChI is InChI=1S/C22H29N5/c1-17-24-21(19-14-20(23)15-19)16-22(25-17)27-12-10-26(11-13-27)9-5-8-18-6-3-2-4-7-18/h2-8,16,19-20H,9-15,23H2,1H3/b8-5+. The van der Waals surface area contributed by atoms with Crippen molar-refractivity contribution in [3.05, 3.63) is 59.6 Å². The molecule has 5 nitrogen and oxygen atoms in total. The van der Waals surface area contributed by atoms with Crippen LogP contribution >= 0.6 is 0 Å². The van der Waals surface area contributed by atoms with E-state index in [0.29, 0.717) is 12.0 Å². The van der Waals surface area contributed by atoms with Crippen LogP contribution < -0.4 is 10.6 Å². The zero-order valence-corrected chi connectivity index (χ0v) is 16.1. The molecule has 0 bridgehead atoms. The van der Waals surface area contributed by atoms with Gasteiger partial charge in [0.05, 0.1) is 0 Å². The quantitative estimate of drug-likeness (QED) is 0.885. The summed E-state index contributed by atoms with van der Waals surface area (Å²) in [5.41, 5.74) is 8.39. The SMILES string of the molecule is Cc1nc(C2CC(N)C2)cc(N2CCN(C/C=C/c3ccccc3)CC2)n1. The van der Waals surface area contributed by atoms with Crippen LogP contribution in [0.3, 0.4) is 0 Å². The topological polar surface area (TPSA) is 58.3 Å². The van der Waals surface area contributed by atoms with Crippen molar-refractivity contribution in [3.8, 4) is 0 Å². The summed E-state index contributed by atoms with van der Waals surface area (Å²) in [6.07, 6.45) is 6.57. The molecule has 1 aromatic carbocycles. The predicted molar refractivity (Wildman–Crippen MR) is 111 cm³/mol. The van der Waals surface area contributed by atoms with E-state index in [-0.39, 0.29) is 0 Å². The molecule has 0 atom stereocenters. The molecule has 4 rings (SSSR count). The zero-order chi connectivity index (χ0) is 18.6. The van der Waals surface area contributed by atoms with Gasteiger partial charge in [0.2, 0.25) is 0 Å². The highest BCUT2D eigenvalue weighted by molar-refractivity contribution is 5.48. The number of rotatable bonds is 5. The minimum Gasteiger partial charge on any atom is -0.354 e. The van der Waals surface area contributed by atoms with Gasteiger partial charge in [0.25, 0.3) is 0 Å². The Bertz CT molecular complexity index is 775. The first-order valence-corrected chi connectivity index (χ1v) is 9.97. The van der Waals surface area contributed by atoms with Crippen molar-refractivity contribution < 1.29 is 0 Å². The van der Waals surface area contributed by atoms with Gasteiger partial charge in [0.1, 0.15) is 11.6 Å². The smallest absolute Gasteiger partial charge is 0.132 e. The lowest BCUT2D eigenvalue weighted by Crippen LogP contribution is -2.46. The van der Waals surface area contributed by atoms with Crippen molar-refractivity contribution in [2.24, 2.45) is 5.73 Å². The summed E-state index contributed by atoms with van der Waals surface area (Å²) in [6, 6.07) is 13.0. The molecule has 0 spiro atoms. The fraction of sp³-hybridized carbons (Fsp3) is 0.455. The maximum absolute atomic E-state index is 5.95. The fourth-order valence-electron chi connectivity index (χ4n) is 3.91. The van der Waals surface area contributed by atoms with E-state index in [9.17, 15) is 0 Å². The highest BCUT2D eigenvalue weighted by Gasteiger charge is 2.29. The maximum atomic E-state index is 5.95. The Morgan fingerprint density at radius 2 is 1.81 bits per heavy atom. The van der Waals surface area contributed by atoms with Gasteiger partial charge in [0.15, 0.2) is 0 Å². The van der Waals surface area contributed by atoms with E-state index in [4.69, 9.17) is 10.7 Å². The van der Waals surface area contributed by atoms with Gasteiger partial charge in [-0.15, -0.1) is 0 Å². The number of aryl methyl sites for hydroxylation is 1. The Hall–Kier alpha value is -2.24. The third-order valence-corrected chi connectivity index (χ3v) is 5.61. The average molecular weight is 364 g/mol. The molecule has 2 fully saturated rings. The van der Waals surface area contributed by atoms with E-state index >= 15 is 0 Å². The fourth-order valence-corrected chi connectivity index (χ4v) is 3.91. The Morgan fingerprint density at radius 1 is 1.07 bits per heavy atom. The number of nitrogens with two attached hydrogens (primary N) is 1. The minimum atomic E-state index is 0.348. The second kappa shape index (κ2) is 8.19. The molecule has 2 aliphatic rings. The number of nitrogens with zero attached hydrogens (tertiary/aromatic N) is 4. The van der Waals surface area contributed by atoms with Gasteiger partial charge in [-0.25, -0.2) is 9.97 Å². The van der Waals surface area contributed by atoms with Gasteiger partial charge in [0, 0.05) is 56.4 Å². The van der Waals surface area contributed by atoms with Crippen molar-refractivity contribution in [3.63, 3.8) is 0 Å². The summed E-state index contributed by atoms with van der Waals surface area (Å²) in [4.78, 5) is 14.2. The first kappa shape index (κ1) is 18.1. The lowest BCUT2D eigenvalue weighted by Gasteiger charge is -2.36. The third-order valence-electron chi connectivity index (χ3n) is 5.61.